The van der Waals surface area contributed by atoms with Crippen LogP contribution in [0.4, 0.5) is 17.1 Å². The maximum absolute atomic E-state index is 12.7. The maximum Gasteiger partial charge on any atom is 0.248 e. The molecule has 0 radical (unpaired) electrons. The van der Waals surface area contributed by atoms with Crippen molar-refractivity contribution in [2.45, 2.75) is 70.6 Å². The summed E-state index contributed by atoms with van der Waals surface area (Å²) in [6.45, 7) is 12.7. The average molecular weight is 486 g/mol. The van der Waals surface area contributed by atoms with E-state index in [-0.39, 0.29) is 18.6 Å². The van der Waals surface area contributed by atoms with Crippen LogP contribution in [0.2, 0.25) is 0 Å². The number of carbonyl (C=O) groups is 1. The number of ether oxygens (including phenoxy) is 1. The molecule has 0 bridgehead atoms. The highest BCUT2D eigenvalue weighted by Gasteiger charge is 2.26. The first-order valence-corrected chi connectivity index (χ1v) is 12.9. The first-order valence-electron chi connectivity index (χ1n) is 12.9. The van der Waals surface area contributed by atoms with Crippen LogP contribution in [0.15, 0.2) is 36.4 Å². The van der Waals surface area contributed by atoms with Crippen molar-refractivity contribution < 1.29 is 9.53 Å². The molecule has 188 valence electrons. The van der Waals surface area contributed by atoms with Gasteiger partial charge >= 0.3 is 0 Å². The van der Waals surface area contributed by atoms with Gasteiger partial charge in [0, 0.05) is 36.5 Å². The van der Waals surface area contributed by atoms with Gasteiger partial charge in [-0.2, -0.15) is 5.26 Å². The standard InChI is InChI=1S/C29H35N5O2/c1-20-16-25(5-4-22(20)18-30)32-23-6-9-27(10-7-23)36-19-29(35)34-14-12-24(13-15-34)33-26-8-11-28(31-3)21(2)17-26/h4-5,8,11,16-17,23-24,27,32-33H,6-7,9-10,12-15,19H2,1-2H3. The minimum atomic E-state index is 0.0824. The smallest absolute Gasteiger partial charge is 0.248 e. The lowest BCUT2D eigenvalue weighted by molar-refractivity contribution is -0.139. The molecule has 2 fully saturated rings. The van der Waals surface area contributed by atoms with Crippen LogP contribution in [0, 0.1) is 31.8 Å². The molecule has 0 aromatic heterocycles. The zero-order chi connectivity index (χ0) is 25.5. The minimum absolute atomic E-state index is 0.0824. The van der Waals surface area contributed by atoms with Gasteiger partial charge in [0.1, 0.15) is 6.61 Å². The van der Waals surface area contributed by atoms with E-state index in [4.69, 9.17) is 16.6 Å². The van der Waals surface area contributed by atoms with Crippen molar-refractivity contribution in [2.24, 2.45) is 0 Å². The Kier molecular flexibility index (Phi) is 8.46. The van der Waals surface area contributed by atoms with Crippen molar-refractivity contribution in [3.8, 4) is 6.07 Å². The molecule has 1 saturated heterocycles. The Hall–Kier alpha value is -3.55. The highest BCUT2D eigenvalue weighted by molar-refractivity contribution is 5.77. The van der Waals surface area contributed by atoms with E-state index in [0.29, 0.717) is 23.3 Å². The summed E-state index contributed by atoms with van der Waals surface area (Å²) in [5, 5.41) is 16.2. The number of nitrogens with one attached hydrogen (secondary N) is 2. The van der Waals surface area contributed by atoms with Crippen molar-refractivity contribution in [3.05, 3.63) is 64.5 Å². The Morgan fingerprint density at radius 1 is 1.00 bits per heavy atom. The molecule has 2 aliphatic rings. The zero-order valence-electron chi connectivity index (χ0n) is 21.2. The summed E-state index contributed by atoms with van der Waals surface area (Å²) in [5.74, 6) is 0.0824. The van der Waals surface area contributed by atoms with Gasteiger partial charge in [-0.05, 0) is 93.8 Å². The molecule has 0 spiro atoms. The molecule has 4 rings (SSSR count). The fourth-order valence-electron chi connectivity index (χ4n) is 5.15. The number of nitriles is 1. The van der Waals surface area contributed by atoms with Crippen molar-refractivity contribution in [1.29, 1.82) is 5.26 Å². The number of amides is 1. The Labute approximate surface area is 214 Å². The molecule has 2 aromatic carbocycles. The van der Waals surface area contributed by atoms with E-state index in [1.807, 2.05) is 55.1 Å². The van der Waals surface area contributed by atoms with E-state index in [0.717, 1.165) is 74.1 Å². The molecule has 7 nitrogen and oxygen atoms in total. The van der Waals surface area contributed by atoms with E-state index < -0.39 is 0 Å². The van der Waals surface area contributed by atoms with Crippen LogP contribution in [0.25, 0.3) is 4.85 Å². The summed E-state index contributed by atoms with van der Waals surface area (Å²) in [6.07, 6.45) is 5.84. The lowest BCUT2D eigenvalue weighted by atomic mass is 9.92. The topological polar surface area (TPSA) is 81.8 Å². The number of carbonyl (C=O) groups excluding carboxylic acids is 1. The second kappa shape index (κ2) is 11.9. The van der Waals surface area contributed by atoms with Crippen LogP contribution in [0.3, 0.4) is 0 Å². The summed E-state index contributed by atoms with van der Waals surface area (Å²) < 4.78 is 6.01. The Morgan fingerprint density at radius 3 is 2.19 bits per heavy atom. The predicted molar refractivity (Wildman–Crippen MR) is 142 cm³/mol. The van der Waals surface area contributed by atoms with E-state index in [9.17, 15) is 4.79 Å². The van der Waals surface area contributed by atoms with Crippen LogP contribution >= 0.6 is 0 Å². The van der Waals surface area contributed by atoms with Gasteiger partial charge in [0.05, 0.1) is 24.3 Å². The molecule has 2 N–H and O–H groups in total. The van der Waals surface area contributed by atoms with Gasteiger partial charge in [-0.25, -0.2) is 4.85 Å². The fraction of sp³-hybridized carbons (Fsp3) is 0.483. The van der Waals surface area contributed by atoms with E-state index in [1.54, 1.807) is 0 Å². The third-order valence-corrected chi connectivity index (χ3v) is 7.37. The van der Waals surface area contributed by atoms with Gasteiger partial charge in [0.25, 0.3) is 0 Å². The van der Waals surface area contributed by atoms with Gasteiger partial charge in [-0.3, -0.25) is 4.79 Å². The largest absolute Gasteiger partial charge is 0.382 e. The SMILES string of the molecule is [C-]#[N+]c1ccc(NC2CCN(C(=O)COC3CCC(Nc4ccc(C#N)c(C)c4)CC3)CC2)cc1C. The van der Waals surface area contributed by atoms with Crippen molar-refractivity contribution >= 4 is 23.0 Å². The quantitative estimate of drug-likeness (QED) is 0.501. The van der Waals surface area contributed by atoms with Crippen LogP contribution in [-0.2, 0) is 9.53 Å². The Bertz CT molecular complexity index is 1150. The molecule has 1 saturated carbocycles. The maximum atomic E-state index is 12.7. The second-order valence-electron chi connectivity index (χ2n) is 9.98. The molecule has 36 heavy (non-hydrogen) atoms. The summed E-state index contributed by atoms with van der Waals surface area (Å²) in [4.78, 5) is 18.2. The number of hydrogen-bond donors (Lipinski definition) is 2. The molecular formula is C29H35N5O2. The van der Waals surface area contributed by atoms with Gasteiger partial charge in [0.15, 0.2) is 5.69 Å². The van der Waals surface area contributed by atoms with Gasteiger partial charge in [-0.1, -0.05) is 6.07 Å². The number of hydrogen-bond acceptors (Lipinski definition) is 5. The normalized spacial score (nSPS) is 20.3. The first kappa shape index (κ1) is 25.5. The average Bonchev–Trinajstić information content (AvgIpc) is 2.89. The number of rotatable bonds is 7. The minimum Gasteiger partial charge on any atom is -0.382 e. The highest BCUT2D eigenvalue weighted by Crippen LogP contribution is 2.26. The van der Waals surface area contributed by atoms with Crippen molar-refractivity contribution in [2.75, 3.05) is 30.3 Å². The third-order valence-electron chi connectivity index (χ3n) is 7.37. The first-order chi connectivity index (χ1) is 17.4. The lowest BCUT2D eigenvalue weighted by Gasteiger charge is -2.34. The molecule has 0 unspecified atom stereocenters. The highest BCUT2D eigenvalue weighted by atomic mass is 16.5. The molecule has 1 aliphatic carbocycles. The number of likely N-dealkylation sites (tertiary alicyclic amines) is 1. The number of anilines is 2. The summed E-state index contributed by atoms with van der Waals surface area (Å²) >= 11 is 0. The second-order valence-corrected chi connectivity index (χ2v) is 9.98. The molecular weight excluding hydrogens is 450 g/mol. The van der Waals surface area contributed by atoms with Crippen LogP contribution < -0.4 is 10.6 Å². The van der Waals surface area contributed by atoms with E-state index in [1.165, 1.54) is 0 Å². The molecule has 0 atom stereocenters. The van der Waals surface area contributed by atoms with Crippen LogP contribution in [0.1, 0.15) is 55.2 Å². The molecule has 2 aromatic rings. The predicted octanol–water partition coefficient (Wildman–Crippen LogP) is 5.57. The number of aryl methyl sites for hydroxylation is 2. The third kappa shape index (κ3) is 6.56. The fourth-order valence-corrected chi connectivity index (χ4v) is 5.15. The van der Waals surface area contributed by atoms with Crippen molar-refractivity contribution in [1.82, 2.24) is 4.90 Å². The number of piperidine rings is 1. The van der Waals surface area contributed by atoms with Gasteiger partial charge in [0.2, 0.25) is 5.91 Å². The van der Waals surface area contributed by atoms with E-state index >= 15 is 0 Å². The van der Waals surface area contributed by atoms with E-state index in [2.05, 4.69) is 21.5 Å². The molecule has 7 heteroatoms. The number of benzene rings is 2. The summed E-state index contributed by atoms with van der Waals surface area (Å²) in [6, 6.07) is 14.6. The molecule has 1 heterocycles. The van der Waals surface area contributed by atoms with Crippen LogP contribution in [-0.4, -0.2) is 48.7 Å². The summed E-state index contributed by atoms with van der Waals surface area (Å²) in [5.41, 5.74) is 5.46. The lowest BCUT2D eigenvalue weighted by Crippen LogP contribution is -2.44. The number of nitrogens with zero attached hydrogens (tertiary/aromatic N) is 3. The van der Waals surface area contributed by atoms with Gasteiger partial charge in [-0.15, -0.1) is 0 Å². The molecule has 1 aliphatic heterocycles. The Morgan fingerprint density at radius 2 is 1.61 bits per heavy atom. The molecule has 1 amide bonds. The summed E-state index contributed by atoms with van der Waals surface area (Å²) in [7, 11) is 0. The van der Waals surface area contributed by atoms with Gasteiger partial charge < -0.3 is 20.3 Å². The monoisotopic (exact) mass is 485 g/mol. The zero-order valence-corrected chi connectivity index (χ0v) is 21.2. The van der Waals surface area contributed by atoms with Crippen molar-refractivity contribution in [3.63, 3.8) is 0 Å². The van der Waals surface area contributed by atoms with Crippen LogP contribution in [0.5, 0.6) is 0 Å². The Balaban J connectivity index is 1.14.